The van der Waals surface area contributed by atoms with Gasteiger partial charge in [-0.25, -0.2) is 4.79 Å². The molecular formula is C11H19F3N2O2. The number of rotatable bonds is 3. The van der Waals surface area contributed by atoms with Crippen LogP contribution in [0.1, 0.15) is 19.8 Å². The maximum atomic E-state index is 11.8. The third-order valence-corrected chi connectivity index (χ3v) is 3.22. The van der Waals surface area contributed by atoms with Gasteiger partial charge in [0.15, 0.2) is 6.61 Å². The summed E-state index contributed by atoms with van der Waals surface area (Å²) in [5.74, 6) is 0. The second kappa shape index (κ2) is 5.77. The molecule has 0 atom stereocenters. The predicted molar refractivity (Wildman–Crippen MR) is 60.2 cm³/mol. The van der Waals surface area contributed by atoms with Crippen LogP contribution in [0.15, 0.2) is 0 Å². The molecule has 0 saturated carbocycles. The SMILES string of the molecule is CN1CCC(C)(CNC(=O)OCC(F)(F)F)CC1. The molecule has 0 radical (unpaired) electrons. The van der Waals surface area contributed by atoms with E-state index >= 15 is 0 Å². The smallest absolute Gasteiger partial charge is 0.422 e. The number of alkyl carbamates (subject to hydrolysis) is 1. The first-order valence-corrected chi connectivity index (χ1v) is 5.86. The zero-order chi connectivity index (χ0) is 13.8. The van der Waals surface area contributed by atoms with E-state index in [1.807, 2.05) is 14.0 Å². The van der Waals surface area contributed by atoms with Gasteiger partial charge >= 0.3 is 12.3 Å². The van der Waals surface area contributed by atoms with Crippen LogP contribution in [0.25, 0.3) is 0 Å². The van der Waals surface area contributed by atoms with Crippen LogP contribution in [0.2, 0.25) is 0 Å². The fourth-order valence-electron chi connectivity index (χ4n) is 1.82. The Morgan fingerprint density at radius 2 is 1.94 bits per heavy atom. The Bertz CT molecular complexity index is 287. The lowest BCUT2D eigenvalue weighted by Gasteiger charge is -2.37. The van der Waals surface area contributed by atoms with Gasteiger partial charge in [0.2, 0.25) is 0 Å². The van der Waals surface area contributed by atoms with Gasteiger partial charge in [-0.15, -0.1) is 0 Å². The zero-order valence-corrected chi connectivity index (χ0v) is 10.6. The third-order valence-electron chi connectivity index (χ3n) is 3.22. The van der Waals surface area contributed by atoms with E-state index in [2.05, 4.69) is 15.0 Å². The van der Waals surface area contributed by atoms with E-state index in [9.17, 15) is 18.0 Å². The largest absolute Gasteiger partial charge is 0.440 e. The first kappa shape index (κ1) is 15.1. The molecule has 1 saturated heterocycles. The summed E-state index contributed by atoms with van der Waals surface area (Å²) in [5, 5.41) is 2.40. The van der Waals surface area contributed by atoms with Crippen LogP contribution in [0.5, 0.6) is 0 Å². The van der Waals surface area contributed by atoms with Gasteiger partial charge in [-0.05, 0) is 38.4 Å². The number of nitrogens with one attached hydrogen (secondary N) is 1. The van der Waals surface area contributed by atoms with Crippen LogP contribution in [0.3, 0.4) is 0 Å². The van der Waals surface area contributed by atoms with Crippen LogP contribution in [0.4, 0.5) is 18.0 Å². The number of amides is 1. The highest BCUT2D eigenvalue weighted by Crippen LogP contribution is 2.29. The van der Waals surface area contributed by atoms with E-state index in [4.69, 9.17) is 0 Å². The summed E-state index contributed by atoms with van der Waals surface area (Å²) in [6.45, 7) is 2.67. The fraction of sp³-hybridized carbons (Fsp3) is 0.909. The summed E-state index contributed by atoms with van der Waals surface area (Å²) >= 11 is 0. The summed E-state index contributed by atoms with van der Waals surface area (Å²) in [6, 6.07) is 0. The van der Waals surface area contributed by atoms with Crippen LogP contribution < -0.4 is 5.32 Å². The Morgan fingerprint density at radius 3 is 2.44 bits per heavy atom. The van der Waals surface area contributed by atoms with Crippen molar-refractivity contribution in [3.63, 3.8) is 0 Å². The number of halogens is 3. The monoisotopic (exact) mass is 268 g/mol. The van der Waals surface area contributed by atoms with Gasteiger partial charge in [-0.3, -0.25) is 0 Å². The molecule has 1 fully saturated rings. The summed E-state index contributed by atoms with van der Waals surface area (Å²) in [7, 11) is 2.02. The molecule has 0 spiro atoms. The predicted octanol–water partition coefficient (Wildman–Crippen LogP) is 2.01. The van der Waals surface area contributed by atoms with E-state index < -0.39 is 18.9 Å². The Kier molecular flexibility index (Phi) is 4.84. The van der Waals surface area contributed by atoms with E-state index in [0.717, 1.165) is 25.9 Å². The maximum Gasteiger partial charge on any atom is 0.422 e. The number of ether oxygens (including phenoxy) is 1. The number of alkyl halides is 3. The van der Waals surface area contributed by atoms with Crippen LogP contribution in [0, 0.1) is 5.41 Å². The molecule has 0 bridgehead atoms. The highest BCUT2D eigenvalue weighted by molar-refractivity contribution is 5.67. The van der Waals surface area contributed by atoms with Crippen molar-refractivity contribution >= 4 is 6.09 Å². The minimum atomic E-state index is -4.48. The van der Waals surface area contributed by atoms with Crippen molar-refractivity contribution < 1.29 is 22.7 Å². The molecule has 0 unspecified atom stereocenters. The molecule has 1 heterocycles. The van der Waals surface area contributed by atoms with Gasteiger partial charge in [-0.2, -0.15) is 13.2 Å². The first-order valence-electron chi connectivity index (χ1n) is 5.86. The second-order valence-corrected chi connectivity index (χ2v) is 5.16. The highest BCUT2D eigenvalue weighted by atomic mass is 19.4. The minimum Gasteiger partial charge on any atom is -0.440 e. The molecule has 4 nitrogen and oxygen atoms in total. The lowest BCUT2D eigenvalue weighted by molar-refractivity contribution is -0.160. The highest BCUT2D eigenvalue weighted by Gasteiger charge is 2.31. The molecule has 0 aromatic heterocycles. The lowest BCUT2D eigenvalue weighted by Crippen LogP contribution is -2.44. The third kappa shape index (κ3) is 5.57. The number of hydrogen-bond donors (Lipinski definition) is 1. The summed E-state index contributed by atoms with van der Waals surface area (Å²) in [5.41, 5.74) is -0.0657. The average Bonchev–Trinajstić information content (AvgIpc) is 2.27. The molecular weight excluding hydrogens is 249 g/mol. The van der Waals surface area contributed by atoms with E-state index in [1.54, 1.807) is 0 Å². The Balaban J connectivity index is 2.25. The Morgan fingerprint density at radius 1 is 1.39 bits per heavy atom. The first-order chi connectivity index (χ1) is 8.20. The Labute approximate surface area is 104 Å². The van der Waals surface area contributed by atoms with Crippen molar-refractivity contribution in [2.75, 3.05) is 33.3 Å². The van der Waals surface area contributed by atoms with E-state index in [0.29, 0.717) is 6.54 Å². The summed E-state index contributed by atoms with van der Waals surface area (Å²) < 4.78 is 39.5. The quantitative estimate of drug-likeness (QED) is 0.851. The van der Waals surface area contributed by atoms with E-state index in [1.165, 1.54) is 0 Å². The topological polar surface area (TPSA) is 41.6 Å². The normalized spacial score (nSPS) is 20.5. The van der Waals surface area contributed by atoms with Crippen LogP contribution in [-0.2, 0) is 4.74 Å². The van der Waals surface area contributed by atoms with Crippen molar-refractivity contribution in [3.8, 4) is 0 Å². The average molecular weight is 268 g/mol. The van der Waals surface area contributed by atoms with Gasteiger partial charge in [0.25, 0.3) is 0 Å². The number of carbonyl (C=O) groups excluding carboxylic acids is 1. The molecule has 1 rings (SSSR count). The molecule has 106 valence electrons. The molecule has 1 aliphatic rings. The van der Waals surface area contributed by atoms with Gasteiger partial charge in [0, 0.05) is 6.54 Å². The van der Waals surface area contributed by atoms with Crippen LogP contribution >= 0.6 is 0 Å². The van der Waals surface area contributed by atoms with Gasteiger partial charge in [-0.1, -0.05) is 6.92 Å². The molecule has 1 aliphatic heterocycles. The number of likely N-dealkylation sites (tertiary alicyclic amines) is 1. The summed E-state index contributed by atoms with van der Waals surface area (Å²) in [6.07, 6.45) is -3.67. The number of nitrogens with zero attached hydrogens (tertiary/aromatic N) is 1. The molecule has 1 amide bonds. The van der Waals surface area contributed by atoms with Crippen LogP contribution in [-0.4, -0.2) is 50.5 Å². The fourth-order valence-corrected chi connectivity index (χ4v) is 1.82. The second-order valence-electron chi connectivity index (χ2n) is 5.16. The summed E-state index contributed by atoms with van der Waals surface area (Å²) in [4.78, 5) is 13.3. The van der Waals surface area contributed by atoms with Gasteiger partial charge in [0.05, 0.1) is 0 Å². The lowest BCUT2D eigenvalue weighted by atomic mass is 9.80. The molecule has 0 aliphatic carbocycles. The van der Waals surface area contributed by atoms with Crippen molar-refractivity contribution in [3.05, 3.63) is 0 Å². The number of hydrogen-bond acceptors (Lipinski definition) is 3. The maximum absolute atomic E-state index is 11.8. The van der Waals surface area contributed by atoms with Crippen molar-refractivity contribution in [2.45, 2.75) is 25.9 Å². The standard InChI is InChI=1S/C11H19F3N2O2/c1-10(3-5-16(2)6-4-10)7-15-9(17)18-8-11(12,13)14/h3-8H2,1-2H3,(H,15,17). The van der Waals surface area contributed by atoms with Crippen molar-refractivity contribution in [1.29, 1.82) is 0 Å². The van der Waals surface area contributed by atoms with Gasteiger partial charge < -0.3 is 15.0 Å². The number of piperidine rings is 1. The minimum absolute atomic E-state index is 0.0657. The molecule has 0 aromatic carbocycles. The Hall–Kier alpha value is -0.980. The van der Waals surface area contributed by atoms with E-state index in [-0.39, 0.29) is 5.41 Å². The van der Waals surface area contributed by atoms with Crippen molar-refractivity contribution in [1.82, 2.24) is 10.2 Å². The molecule has 0 aromatic rings. The van der Waals surface area contributed by atoms with Crippen molar-refractivity contribution in [2.24, 2.45) is 5.41 Å². The molecule has 7 heteroatoms. The van der Waals surface area contributed by atoms with Gasteiger partial charge in [0.1, 0.15) is 0 Å². The number of carbonyl (C=O) groups is 1. The zero-order valence-electron chi connectivity index (χ0n) is 10.6. The molecule has 18 heavy (non-hydrogen) atoms. The molecule has 1 N–H and O–H groups in total.